The molecule has 0 spiro atoms. The van der Waals surface area contributed by atoms with Crippen molar-refractivity contribution in [2.75, 3.05) is 37.6 Å². The molecule has 1 fully saturated rings. The van der Waals surface area contributed by atoms with Crippen molar-refractivity contribution in [3.05, 3.63) is 95.3 Å². The lowest BCUT2D eigenvalue weighted by Crippen LogP contribution is -2.43. The highest BCUT2D eigenvalue weighted by Crippen LogP contribution is 2.22. The van der Waals surface area contributed by atoms with E-state index in [4.69, 9.17) is 4.74 Å². The van der Waals surface area contributed by atoms with E-state index in [1.54, 1.807) is 42.5 Å². The van der Waals surface area contributed by atoms with E-state index in [2.05, 4.69) is 14.9 Å². The molecule has 0 radical (unpaired) electrons. The van der Waals surface area contributed by atoms with Gasteiger partial charge in [-0.3, -0.25) is 14.4 Å². The molecule has 2 N–H and O–H groups in total. The molecule has 0 aliphatic carbocycles. The third-order valence-corrected chi connectivity index (χ3v) is 7.30. The van der Waals surface area contributed by atoms with E-state index in [9.17, 15) is 17.6 Å². The van der Waals surface area contributed by atoms with Crippen molar-refractivity contribution in [2.45, 2.75) is 17.9 Å². The smallest absolute Gasteiger partial charge is 0.261 e. The molecule has 0 aromatic heterocycles. The number of hydrogen-bond acceptors (Lipinski definition) is 5. The molecule has 1 heterocycles. The average Bonchev–Trinajstić information content (AvgIpc) is 2.86. The van der Waals surface area contributed by atoms with Gasteiger partial charge in [-0.25, -0.2) is 12.8 Å². The van der Waals surface area contributed by atoms with Gasteiger partial charge in [0, 0.05) is 30.9 Å². The van der Waals surface area contributed by atoms with Crippen LogP contribution >= 0.6 is 0 Å². The van der Waals surface area contributed by atoms with Gasteiger partial charge in [0.2, 0.25) is 0 Å². The second-order valence-electron chi connectivity index (χ2n) is 8.43. The predicted molar refractivity (Wildman–Crippen MR) is 132 cm³/mol. The van der Waals surface area contributed by atoms with Gasteiger partial charge < -0.3 is 10.1 Å². The highest BCUT2D eigenvalue weighted by atomic mass is 32.2. The van der Waals surface area contributed by atoms with Crippen LogP contribution in [0.5, 0.6) is 0 Å². The number of nitrogens with one attached hydrogen (secondary N) is 2. The maximum atomic E-state index is 13.5. The van der Waals surface area contributed by atoms with Gasteiger partial charge in [-0.05, 0) is 55.0 Å². The monoisotopic (exact) mass is 497 g/mol. The molecule has 3 aromatic carbocycles. The van der Waals surface area contributed by atoms with Crippen LogP contribution in [0.25, 0.3) is 0 Å². The molecule has 1 saturated heterocycles. The third-order valence-electron chi connectivity index (χ3n) is 5.91. The van der Waals surface area contributed by atoms with Crippen LogP contribution in [0.4, 0.5) is 10.1 Å². The normalized spacial score (nSPS) is 15.4. The molecular formula is C26H28FN3O4S. The number of ether oxygens (including phenoxy) is 1. The van der Waals surface area contributed by atoms with E-state index in [0.717, 1.165) is 11.1 Å². The Hall–Kier alpha value is -3.27. The molecule has 0 saturated carbocycles. The number of nitrogens with zero attached hydrogens (tertiary/aromatic N) is 1. The highest BCUT2D eigenvalue weighted by Gasteiger charge is 2.24. The number of aryl methyl sites for hydroxylation is 1. The molecular weight excluding hydrogens is 469 g/mol. The van der Waals surface area contributed by atoms with Crippen LogP contribution < -0.4 is 10.0 Å². The van der Waals surface area contributed by atoms with Crippen molar-refractivity contribution < 1.29 is 22.3 Å². The van der Waals surface area contributed by atoms with Gasteiger partial charge in [0.15, 0.2) is 0 Å². The Balaban J connectivity index is 1.46. The Labute approximate surface area is 205 Å². The first-order valence-corrected chi connectivity index (χ1v) is 12.9. The second kappa shape index (κ2) is 11.0. The Morgan fingerprint density at radius 1 is 1.03 bits per heavy atom. The van der Waals surface area contributed by atoms with E-state index in [1.807, 2.05) is 6.92 Å². The first kappa shape index (κ1) is 24.8. The van der Waals surface area contributed by atoms with Crippen molar-refractivity contribution in [2.24, 2.45) is 0 Å². The fourth-order valence-corrected chi connectivity index (χ4v) is 5.03. The van der Waals surface area contributed by atoms with Gasteiger partial charge >= 0.3 is 0 Å². The number of halogens is 1. The molecule has 1 aliphatic rings. The summed E-state index contributed by atoms with van der Waals surface area (Å²) in [6.45, 7) is 4.78. The Bertz CT molecular complexity index is 1260. The number of carbonyl (C=O) groups is 1. The van der Waals surface area contributed by atoms with Crippen LogP contribution in [0.3, 0.4) is 0 Å². The number of morpholine rings is 1. The Kier molecular flexibility index (Phi) is 7.80. The summed E-state index contributed by atoms with van der Waals surface area (Å²) >= 11 is 0. The van der Waals surface area contributed by atoms with Crippen molar-refractivity contribution in [1.82, 2.24) is 10.2 Å². The summed E-state index contributed by atoms with van der Waals surface area (Å²) in [7, 11) is -3.78. The lowest BCUT2D eigenvalue weighted by atomic mass is 10.0. The van der Waals surface area contributed by atoms with E-state index < -0.39 is 10.0 Å². The second-order valence-corrected chi connectivity index (χ2v) is 10.1. The summed E-state index contributed by atoms with van der Waals surface area (Å²) in [5.74, 6) is -0.648. The van der Waals surface area contributed by atoms with Crippen molar-refractivity contribution in [3.63, 3.8) is 0 Å². The maximum Gasteiger partial charge on any atom is 0.261 e. The number of anilines is 1. The van der Waals surface area contributed by atoms with Crippen LogP contribution in [-0.4, -0.2) is 52.1 Å². The number of benzene rings is 3. The highest BCUT2D eigenvalue weighted by molar-refractivity contribution is 7.92. The number of carbonyl (C=O) groups excluding carboxylic acids is 1. The van der Waals surface area contributed by atoms with Crippen molar-refractivity contribution in [1.29, 1.82) is 0 Å². The molecule has 1 atom stereocenters. The van der Waals surface area contributed by atoms with Crippen LogP contribution in [0.2, 0.25) is 0 Å². The zero-order chi connectivity index (χ0) is 24.8. The molecule has 0 bridgehead atoms. The summed E-state index contributed by atoms with van der Waals surface area (Å²) < 4.78 is 46.9. The zero-order valence-corrected chi connectivity index (χ0v) is 20.2. The lowest BCUT2D eigenvalue weighted by Gasteiger charge is -2.35. The van der Waals surface area contributed by atoms with E-state index in [1.165, 1.54) is 30.3 Å². The topological polar surface area (TPSA) is 87.7 Å². The van der Waals surface area contributed by atoms with Crippen LogP contribution in [0.15, 0.2) is 77.7 Å². The summed E-state index contributed by atoms with van der Waals surface area (Å²) in [6.07, 6.45) is 0. The fraction of sp³-hybridized carbons (Fsp3) is 0.269. The molecule has 35 heavy (non-hydrogen) atoms. The lowest BCUT2D eigenvalue weighted by molar-refractivity contribution is 0.0162. The zero-order valence-electron chi connectivity index (χ0n) is 19.4. The van der Waals surface area contributed by atoms with Crippen molar-refractivity contribution in [3.8, 4) is 0 Å². The summed E-state index contributed by atoms with van der Waals surface area (Å²) in [4.78, 5) is 15.3. The van der Waals surface area contributed by atoms with Crippen LogP contribution in [0.1, 0.15) is 27.5 Å². The minimum Gasteiger partial charge on any atom is -0.379 e. The van der Waals surface area contributed by atoms with E-state index in [-0.39, 0.29) is 22.7 Å². The molecule has 184 valence electrons. The Morgan fingerprint density at radius 2 is 1.71 bits per heavy atom. The minimum absolute atomic E-state index is 0.144. The molecule has 1 aliphatic heterocycles. The largest absolute Gasteiger partial charge is 0.379 e. The standard InChI is InChI=1S/C26H28FN3O4S/c1-19-5-11-24(12-6-19)35(32,33)29-23-4-2-3-21(17-23)26(31)28-18-25(30-13-15-34-16-14-30)20-7-9-22(27)10-8-20/h2-12,17,25,29H,13-16,18H2,1H3,(H,28,31). The molecule has 9 heteroatoms. The number of sulfonamides is 1. The van der Waals surface area contributed by atoms with Gasteiger partial charge in [0.05, 0.1) is 24.2 Å². The van der Waals surface area contributed by atoms with Gasteiger partial charge in [0.1, 0.15) is 5.82 Å². The molecule has 3 aromatic rings. The van der Waals surface area contributed by atoms with E-state index >= 15 is 0 Å². The van der Waals surface area contributed by atoms with Crippen molar-refractivity contribution >= 4 is 21.6 Å². The third kappa shape index (κ3) is 6.45. The number of hydrogen-bond donors (Lipinski definition) is 2. The first-order chi connectivity index (χ1) is 16.8. The molecule has 4 rings (SSSR count). The predicted octanol–water partition coefficient (Wildman–Crippen LogP) is 3.74. The quantitative estimate of drug-likeness (QED) is 0.495. The summed E-state index contributed by atoms with van der Waals surface area (Å²) in [6, 6.07) is 19.0. The molecule has 1 unspecified atom stereocenters. The average molecular weight is 498 g/mol. The first-order valence-electron chi connectivity index (χ1n) is 11.4. The maximum absolute atomic E-state index is 13.5. The minimum atomic E-state index is -3.78. The van der Waals surface area contributed by atoms with Crippen LogP contribution in [-0.2, 0) is 14.8 Å². The Morgan fingerprint density at radius 3 is 2.40 bits per heavy atom. The SMILES string of the molecule is Cc1ccc(S(=O)(=O)Nc2cccc(C(=O)NCC(c3ccc(F)cc3)N3CCOCC3)c2)cc1. The summed E-state index contributed by atoms with van der Waals surface area (Å²) in [5, 5.41) is 2.95. The molecule has 7 nitrogen and oxygen atoms in total. The fourth-order valence-electron chi connectivity index (χ4n) is 3.98. The van der Waals surface area contributed by atoms with Gasteiger partial charge in [-0.2, -0.15) is 0 Å². The number of rotatable bonds is 8. The van der Waals surface area contributed by atoms with Gasteiger partial charge in [-0.1, -0.05) is 35.9 Å². The molecule has 1 amide bonds. The summed E-state index contributed by atoms with van der Waals surface area (Å²) in [5.41, 5.74) is 2.47. The van der Waals surface area contributed by atoms with Crippen LogP contribution in [0, 0.1) is 12.7 Å². The number of amides is 1. The van der Waals surface area contributed by atoms with E-state index in [0.29, 0.717) is 44.1 Å². The van der Waals surface area contributed by atoms with Gasteiger partial charge in [-0.15, -0.1) is 0 Å². The van der Waals surface area contributed by atoms with Gasteiger partial charge in [0.25, 0.3) is 15.9 Å².